The van der Waals surface area contributed by atoms with Gasteiger partial charge in [-0.25, -0.2) is 13.1 Å². The Hall–Kier alpha value is -2.59. The molecule has 1 amide bonds. The average Bonchev–Trinajstić information content (AvgIpc) is 2.99. The van der Waals surface area contributed by atoms with Crippen molar-refractivity contribution in [3.05, 3.63) is 70.3 Å². The normalized spacial score (nSPS) is 28.6. The number of carbonyl (C=O) groups excluding carboxylic acids is 1. The van der Waals surface area contributed by atoms with Crippen LogP contribution in [0.2, 0.25) is 5.02 Å². The number of fused-ring (bicyclic) bond motifs is 3. The molecule has 1 N–H and O–H groups in total. The standard InChI is InChI=1S/C33H43ClN2O6S/c1-22-7-6-9-30(41-3)28-14-11-25(28)19-36-16-5-4-8-23-17-27(34)13-10-26(23)20-42-31-15-12-24(18-29(31)36)33(37)35-43(38,39)32(22)21-40-2/h6,9-10,12-13,15,17-18,22,25,28,30,32H,4-5,7-8,11,14,16,19-21H2,1-3H3,(H,35,37)/b9-6+/t22-,25-,28+,30-,32+/m0/s1. The van der Waals surface area contributed by atoms with Crippen LogP contribution in [0.15, 0.2) is 48.6 Å². The van der Waals surface area contributed by atoms with Crippen LogP contribution in [0.5, 0.6) is 5.75 Å². The summed E-state index contributed by atoms with van der Waals surface area (Å²) in [5.74, 6) is 0.483. The zero-order valence-corrected chi connectivity index (χ0v) is 26.8. The molecule has 8 nitrogen and oxygen atoms in total. The van der Waals surface area contributed by atoms with Crippen LogP contribution in [-0.2, 0) is 32.5 Å². The molecule has 5 rings (SSSR count). The minimum Gasteiger partial charge on any atom is -0.487 e. The van der Waals surface area contributed by atoms with Crippen molar-refractivity contribution >= 4 is 33.2 Å². The zero-order chi connectivity index (χ0) is 30.6. The number of allylic oxidation sites excluding steroid dienone is 1. The molecule has 43 heavy (non-hydrogen) atoms. The van der Waals surface area contributed by atoms with Crippen LogP contribution in [0, 0.1) is 17.8 Å². The lowest BCUT2D eigenvalue weighted by atomic mass is 9.70. The maximum Gasteiger partial charge on any atom is 0.264 e. The van der Waals surface area contributed by atoms with E-state index in [1.807, 2.05) is 31.2 Å². The molecule has 1 saturated carbocycles. The lowest BCUT2D eigenvalue weighted by molar-refractivity contribution is 0.0134. The minimum atomic E-state index is -4.03. The third-order valence-corrected chi connectivity index (χ3v) is 11.4. The molecule has 0 saturated heterocycles. The maximum atomic E-state index is 13.5. The highest BCUT2D eigenvalue weighted by atomic mass is 35.5. The van der Waals surface area contributed by atoms with E-state index in [2.05, 4.69) is 15.7 Å². The van der Waals surface area contributed by atoms with Gasteiger partial charge < -0.3 is 19.1 Å². The quantitative estimate of drug-likeness (QED) is 0.430. The van der Waals surface area contributed by atoms with Crippen molar-refractivity contribution in [1.29, 1.82) is 0 Å². The second-order valence-electron chi connectivity index (χ2n) is 12.1. The van der Waals surface area contributed by atoms with E-state index in [0.717, 1.165) is 56.4 Å². The number of nitrogens with one attached hydrogen (secondary N) is 1. The van der Waals surface area contributed by atoms with Gasteiger partial charge >= 0.3 is 0 Å². The summed E-state index contributed by atoms with van der Waals surface area (Å²) in [7, 11) is -0.818. The summed E-state index contributed by atoms with van der Waals surface area (Å²) in [6, 6.07) is 11.1. The summed E-state index contributed by atoms with van der Waals surface area (Å²) in [5.41, 5.74) is 3.33. The number of ether oxygens (including phenoxy) is 3. The third kappa shape index (κ3) is 7.39. The first-order valence-electron chi connectivity index (χ1n) is 15.2. The minimum absolute atomic E-state index is 0.0193. The summed E-state index contributed by atoms with van der Waals surface area (Å²) in [6.45, 7) is 3.79. The Morgan fingerprint density at radius 1 is 1.09 bits per heavy atom. The van der Waals surface area contributed by atoms with Gasteiger partial charge in [-0.05, 0) is 97.7 Å². The van der Waals surface area contributed by atoms with Gasteiger partial charge in [0.25, 0.3) is 5.91 Å². The van der Waals surface area contributed by atoms with Gasteiger partial charge in [0, 0.05) is 37.9 Å². The number of halogens is 1. The molecule has 10 heteroatoms. The first-order chi connectivity index (χ1) is 20.7. The Kier molecular flexibility index (Phi) is 10.4. The second kappa shape index (κ2) is 14.0. The Labute approximate surface area is 260 Å². The molecule has 0 unspecified atom stereocenters. The van der Waals surface area contributed by atoms with Crippen LogP contribution in [0.25, 0.3) is 0 Å². The monoisotopic (exact) mass is 630 g/mol. The van der Waals surface area contributed by atoms with Gasteiger partial charge in [-0.3, -0.25) is 4.79 Å². The predicted octanol–water partition coefficient (Wildman–Crippen LogP) is 5.77. The molecule has 1 aliphatic carbocycles. The Morgan fingerprint density at radius 3 is 2.67 bits per heavy atom. The van der Waals surface area contributed by atoms with E-state index in [4.69, 9.17) is 25.8 Å². The number of sulfonamides is 1. The van der Waals surface area contributed by atoms with Crippen LogP contribution in [0.3, 0.4) is 0 Å². The SMILES string of the molecule is COC[C@@H]1[C@@H](C)C/C=C/[C@H](OC)[C@@H]2CC[C@H]2CN2CCCCc3cc(Cl)ccc3COc3ccc(cc32)C(=O)NS1(=O)=O. The molecule has 2 aromatic rings. The summed E-state index contributed by atoms with van der Waals surface area (Å²) < 4.78 is 47.0. The predicted molar refractivity (Wildman–Crippen MR) is 169 cm³/mol. The largest absolute Gasteiger partial charge is 0.487 e. The topological polar surface area (TPSA) is 94.2 Å². The van der Waals surface area contributed by atoms with Crippen LogP contribution in [-0.4, -0.2) is 59.6 Å². The molecule has 0 aromatic heterocycles. The fraction of sp³-hybridized carbons (Fsp3) is 0.545. The van der Waals surface area contributed by atoms with E-state index in [1.54, 1.807) is 25.3 Å². The van der Waals surface area contributed by atoms with Crippen molar-refractivity contribution in [3.63, 3.8) is 0 Å². The first kappa shape index (κ1) is 31.8. The second-order valence-corrected chi connectivity index (χ2v) is 14.4. The first-order valence-corrected chi connectivity index (χ1v) is 17.2. The van der Waals surface area contributed by atoms with Gasteiger partial charge in [-0.15, -0.1) is 0 Å². The van der Waals surface area contributed by atoms with Crippen molar-refractivity contribution in [1.82, 2.24) is 4.72 Å². The lowest BCUT2D eigenvalue weighted by Crippen LogP contribution is -2.44. The van der Waals surface area contributed by atoms with E-state index in [9.17, 15) is 13.2 Å². The number of carbonyl (C=O) groups is 1. The number of aryl methyl sites for hydroxylation is 1. The van der Waals surface area contributed by atoms with Crippen molar-refractivity contribution < 1.29 is 27.4 Å². The fourth-order valence-corrected chi connectivity index (χ4v) is 8.34. The van der Waals surface area contributed by atoms with Crippen molar-refractivity contribution in [2.75, 3.05) is 38.8 Å². The smallest absolute Gasteiger partial charge is 0.264 e. The van der Waals surface area contributed by atoms with Crippen molar-refractivity contribution in [2.45, 2.75) is 63.4 Å². The Balaban J connectivity index is 1.55. The molecule has 2 bridgehead atoms. The Morgan fingerprint density at radius 2 is 1.93 bits per heavy atom. The van der Waals surface area contributed by atoms with Gasteiger partial charge in [-0.1, -0.05) is 36.7 Å². The summed E-state index contributed by atoms with van der Waals surface area (Å²) in [4.78, 5) is 15.8. The van der Waals surface area contributed by atoms with Gasteiger partial charge in [0.05, 0.1) is 18.4 Å². The molecule has 0 spiro atoms. The van der Waals surface area contributed by atoms with Crippen molar-refractivity contribution in [3.8, 4) is 5.75 Å². The molecular weight excluding hydrogens is 588 g/mol. The van der Waals surface area contributed by atoms with E-state index >= 15 is 0 Å². The number of methoxy groups -OCH3 is 2. The number of rotatable bonds is 3. The van der Waals surface area contributed by atoms with Crippen LogP contribution in [0.1, 0.15) is 60.5 Å². The fourth-order valence-electron chi connectivity index (χ4n) is 6.58. The summed E-state index contributed by atoms with van der Waals surface area (Å²) in [6.07, 6.45) is 9.56. The van der Waals surface area contributed by atoms with Crippen LogP contribution in [0.4, 0.5) is 5.69 Å². The highest BCUT2D eigenvalue weighted by molar-refractivity contribution is 7.90. The maximum absolute atomic E-state index is 13.5. The molecule has 234 valence electrons. The average molecular weight is 631 g/mol. The van der Waals surface area contributed by atoms with E-state index < -0.39 is 21.2 Å². The van der Waals surface area contributed by atoms with E-state index in [0.29, 0.717) is 35.6 Å². The summed E-state index contributed by atoms with van der Waals surface area (Å²) >= 11 is 6.32. The highest BCUT2D eigenvalue weighted by Crippen LogP contribution is 2.41. The number of benzene rings is 2. The Bertz CT molecular complexity index is 1430. The third-order valence-electron chi connectivity index (χ3n) is 9.30. The molecule has 5 atom stereocenters. The molecule has 3 aliphatic rings. The van der Waals surface area contributed by atoms with Gasteiger partial charge in [0.2, 0.25) is 10.0 Å². The molecule has 2 aromatic carbocycles. The number of amides is 1. The van der Waals surface area contributed by atoms with Gasteiger partial charge in [0.1, 0.15) is 17.6 Å². The number of hydrogen-bond acceptors (Lipinski definition) is 7. The zero-order valence-electron chi connectivity index (χ0n) is 25.3. The van der Waals surface area contributed by atoms with Gasteiger partial charge in [-0.2, -0.15) is 0 Å². The lowest BCUT2D eigenvalue weighted by Gasteiger charge is -2.43. The van der Waals surface area contributed by atoms with Crippen molar-refractivity contribution in [2.24, 2.45) is 17.8 Å². The van der Waals surface area contributed by atoms with Crippen LogP contribution < -0.4 is 14.4 Å². The highest BCUT2D eigenvalue weighted by Gasteiger charge is 2.38. The van der Waals surface area contributed by atoms with E-state index in [1.165, 1.54) is 12.7 Å². The number of nitrogens with zero attached hydrogens (tertiary/aromatic N) is 1. The van der Waals surface area contributed by atoms with E-state index in [-0.39, 0.29) is 24.2 Å². The van der Waals surface area contributed by atoms with Gasteiger partial charge in [0.15, 0.2) is 0 Å². The molecule has 1 fully saturated rings. The number of hydrogen-bond donors (Lipinski definition) is 1. The molecule has 2 heterocycles. The molecule has 2 aliphatic heterocycles. The molecule has 0 radical (unpaired) electrons. The molecular formula is C33H43ClN2O6S. The summed E-state index contributed by atoms with van der Waals surface area (Å²) in [5, 5.41) is -0.185. The number of anilines is 1. The van der Waals surface area contributed by atoms with Crippen LogP contribution >= 0.6 is 11.6 Å².